The van der Waals surface area contributed by atoms with Crippen LogP contribution in [0.2, 0.25) is 0 Å². The third kappa shape index (κ3) is 3.08. The van der Waals surface area contributed by atoms with Gasteiger partial charge in [-0.2, -0.15) is 5.10 Å². The molecule has 1 N–H and O–H groups in total. The molecule has 1 aliphatic rings. The lowest BCUT2D eigenvalue weighted by Crippen LogP contribution is -1.99. The van der Waals surface area contributed by atoms with Crippen LogP contribution in [0.1, 0.15) is 29.0 Å². The van der Waals surface area contributed by atoms with E-state index < -0.39 is 4.92 Å². The van der Waals surface area contributed by atoms with Gasteiger partial charge < -0.3 is 0 Å². The van der Waals surface area contributed by atoms with Crippen LogP contribution in [0.25, 0.3) is 0 Å². The average molecular weight is 302 g/mol. The molecule has 0 aliphatic heterocycles. The molecule has 0 radical (unpaired) electrons. The second kappa shape index (κ2) is 6.01. The SMILES string of the molecule is O=[N+]([O-])c1ccccc1/C=N/Nc1nc2c(s1)CCCC2. The van der Waals surface area contributed by atoms with Crippen molar-refractivity contribution in [2.45, 2.75) is 25.7 Å². The molecule has 3 rings (SSSR count). The van der Waals surface area contributed by atoms with Crippen molar-refractivity contribution in [1.82, 2.24) is 4.98 Å². The molecule has 0 saturated carbocycles. The van der Waals surface area contributed by atoms with Gasteiger partial charge in [-0.15, -0.1) is 11.3 Å². The summed E-state index contributed by atoms with van der Waals surface area (Å²) in [7, 11) is 0. The van der Waals surface area contributed by atoms with Crippen LogP contribution >= 0.6 is 11.3 Å². The van der Waals surface area contributed by atoms with Crippen LogP contribution in [-0.4, -0.2) is 16.1 Å². The highest BCUT2D eigenvalue weighted by atomic mass is 32.1. The fourth-order valence-corrected chi connectivity index (χ4v) is 3.32. The van der Waals surface area contributed by atoms with Crippen molar-refractivity contribution >= 4 is 28.4 Å². The highest BCUT2D eigenvalue weighted by Crippen LogP contribution is 2.29. The van der Waals surface area contributed by atoms with Gasteiger partial charge in [-0.25, -0.2) is 4.98 Å². The zero-order chi connectivity index (χ0) is 14.7. The summed E-state index contributed by atoms with van der Waals surface area (Å²) in [5, 5.41) is 15.7. The van der Waals surface area contributed by atoms with Crippen LogP contribution in [0.4, 0.5) is 10.8 Å². The molecule has 6 nitrogen and oxygen atoms in total. The number of hydrazone groups is 1. The predicted molar refractivity (Wildman–Crippen MR) is 83.1 cm³/mol. The standard InChI is InChI=1S/C14H14N4O2S/c19-18(20)12-7-3-1-5-10(12)9-15-17-14-16-11-6-2-4-8-13(11)21-14/h1,3,5,7,9H,2,4,6,8H2,(H,16,17)/b15-9+. The molecule has 108 valence electrons. The van der Waals surface area contributed by atoms with Crippen LogP contribution in [0.5, 0.6) is 0 Å². The van der Waals surface area contributed by atoms with Gasteiger partial charge in [0, 0.05) is 10.9 Å². The molecule has 21 heavy (non-hydrogen) atoms. The zero-order valence-corrected chi connectivity index (χ0v) is 12.1. The number of hydrogen-bond acceptors (Lipinski definition) is 6. The monoisotopic (exact) mass is 302 g/mol. The van der Waals surface area contributed by atoms with E-state index in [1.165, 1.54) is 30.0 Å². The van der Waals surface area contributed by atoms with E-state index in [1.807, 2.05) is 0 Å². The second-order valence-corrected chi connectivity index (χ2v) is 5.87. The Kier molecular flexibility index (Phi) is 3.92. The number of hydrogen-bond donors (Lipinski definition) is 1. The van der Waals surface area contributed by atoms with Crippen LogP contribution in [-0.2, 0) is 12.8 Å². The lowest BCUT2D eigenvalue weighted by molar-refractivity contribution is -0.385. The first kappa shape index (κ1) is 13.7. The minimum atomic E-state index is -0.413. The van der Waals surface area contributed by atoms with Crippen molar-refractivity contribution in [2.24, 2.45) is 5.10 Å². The van der Waals surface area contributed by atoms with Gasteiger partial charge in [-0.1, -0.05) is 12.1 Å². The summed E-state index contributed by atoms with van der Waals surface area (Å²) in [6, 6.07) is 6.51. The Balaban J connectivity index is 1.73. The van der Waals surface area contributed by atoms with E-state index in [-0.39, 0.29) is 5.69 Å². The number of thiazole rings is 1. The van der Waals surface area contributed by atoms with Gasteiger partial charge in [-0.05, 0) is 31.7 Å². The van der Waals surface area contributed by atoms with E-state index in [9.17, 15) is 10.1 Å². The number of rotatable bonds is 4. The van der Waals surface area contributed by atoms with Crippen LogP contribution in [0.3, 0.4) is 0 Å². The molecule has 0 spiro atoms. The van der Waals surface area contributed by atoms with Crippen LogP contribution in [0.15, 0.2) is 29.4 Å². The number of nitrogens with zero attached hydrogens (tertiary/aromatic N) is 3. The molecular weight excluding hydrogens is 288 g/mol. The van der Waals surface area contributed by atoms with Crippen molar-refractivity contribution in [3.63, 3.8) is 0 Å². The number of aryl methyl sites for hydroxylation is 2. The van der Waals surface area contributed by atoms with E-state index in [0.29, 0.717) is 5.56 Å². The van der Waals surface area contributed by atoms with E-state index >= 15 is 0 Å². The fourth-order valence-electron chi connectivity index (χ4n) is 2.32. The minimum Gasteiger partial charge on any atom is -0.258 e. The molecule has 0 fully saturated rings. The van der Waals surface area contributed by atoms with Gasteiger partial charge in [0.2, 0.25) is 5.13 Å². The molecule has 0 saturated heterocycles. The average Bonchev–Trinajstić information content (AvgIpc) is 2.90. The first-order chi connectivity index (χ1) is 10.2. The third-order valence-electron chi connectivity index (χ3n) is 3.34. The summed E-state index contributed by atoms with van der Waals surface area (Å²) in [6.45, 7) is 0. The van der Waals surface area contributed by atoms with Crippen molar-refractivity contribution in [3.05, 3.63) is 50.5 Å². The highest BCUT2D eigenvalue weighted by Gasteiger charge is 2.15. The summed E-state index contributed by atoms with van der Waals surface area (Å²) < 4.78 is 0. The molecule has 0 atom stereocenters. The van der Waals surface area contributed by atoms with Crippen molar-refractivity contribution in [2.75, 3.05) is 5.43 Å². The Bertz CT molecular complexity index is 673. The normalized spacial score (nSPS) is 14.1. The van der Waals surface area contributed by atoms with E-state index in [1.54, 1.807) is 29.5 Å². The lowest BCUT2D eigenvalue weighted by atomic mass is 10.0. The second-order valence-electron chi connectivity index (χ2n) is 4.78. The van der Waals surface area contributed by atoms with Crippen molar-refractivity contribution < 1.29 is 4.92 Å². The van der Waals surface area contributed by atoms with Gasteiger partial charge in [0.1, 0.15) is 0 Å². The summed E-state index contributed by atoms with van der Waals surface area (Å²) in [5.74, 6) is 0. The first-order valence-corrected chi connectivity index (χ1v) is 7.57. The van der Waals surface area contributed by atoms with Crippen molar-refractivity contribution in [3.8, 4) is 0 Å². The number of nitro benzene ring substituents is 1. The fraction of sp³-hybridized carbons (Fsp3) is 0.286. The van der Waals surface area contributed by atoms with Gasteiger partial charge in [0.25, 0.3) is 5.69 Å². The number of nitro groups is 1. The molecule has 1 aliphatic carbocycles. The van der Waals surface area contributed by atoms with E-state index in [2.05, 4.69) is 15.5 Å². The van der Waals surface area contributed by atoms with E-state index in [0.717, 1.165) is 23.7 Å². The summed E-state index contributed by atoms with van der Waals surface area (Å²) in [5.41, 5.74) is 4.54. The Morgan fingerprint density at radius 1 is 1.33 bits per heavy atom. The number of nitrogens with one attached hydrogen (secondary N) is 1. The third-order valence-corrected chi connectivity index (χ3v) is 4.41. The van der Waals surface area contributed by atoms with Crippen LogP contribution < -0.4 is 5.43 Å². The molecule has 1 aromatic carbocycles. The molecule has 0 bridgehead atoms. The lowest BCUT2D eigenvalue weighted by Gasteiger charge is -2.06. The molecule has 1 aromatic heterocycles. The van der Waals surface area contributed by atoms with Gasteiger partial charge in [0.15, 0.2) is 0 Å². The molecule has 2 aromatic rings. The molecular formula is C14H14N4O2S. The maximum absolute atomic E-state index is 10.9. The summed E-state index contributed by atoms with van der Waals surface area (Å²) >= 11 is 1.61. The smallest absolute Gasteiger partial charge is 0.258 e. The largest absolute Gasteiger partial charge is 0.278 e. The number of aromatic nitrogens is 1. The van der Waals surface area contributed by atoms with Crippen molar-refractivity contribution in [1.29, 1.82) is 0 Å². The van der Waals surface area contributed by atoms with Crippen LogP contribution in [0, 0.1) is 10.1 Å². The Labute approximate surface area is 125 Å². The number of fused-ring (bicyclic) bond motifs is 1. The van der Waals surface area contributed by atoms with Gasteiger partial charge >= 0.3 is 0 Å². The Morgan fingerprint density at radius 3 is 2.95 bits per heavy atom. The number of anilines is 1. The maximum atomic E-state index is 10.9. The molecule has 7 heteroatoms. The van der Waals surface area contributed by atoms with E-state index in [4.69, 9.17) is 0 Å². The topological polar surface area (TPSA) is 80.4 Å². The summed E-state index contributed by atoms with van der Waals surface area (Å²) in [4.78, 5) is 16.3. The molecule has 1 heterocycles. The zero-order valence-electron chi connectivity index (χ0n) is 11.3. The Morgan fingerprint density at radius 2 is 2.14 bits per heavy atom. The molecule has 0 amide bonds. The Hall–Kier alpha value is -2.28. The number of para-hydroxylation sites is 1. The van der Waals surface area contributed by atoms with Gasteiger partial charge in [0.05, 0.1) is 22.4 Å². The predicted octanol–water partition coefficient (Wildman–Crippen LogP) is 3.38. The molecule has 0 unspecified atom stereocenters. The minimum absolute atomic E-state index is 0.0430. The van der Waals surface area contributed by atoms with Gasteiger partial charge in [-0.3, -0.25) is 15.5 Å². The number of benzene rings is 1. The maximum Gasteiger partial charge on any atom is 0.278 e. The highest BCUT2D eigenvalue weighted by molar-refractivity contribution is 7.15. The quantitative estimate of drug-likeness (QED) is 0.533. The first-order valence-electron chi connectivity index (χ1n) is 6.75. The summed E-state index contributed by atoms with van der Waals surface area (Å²) in [6.07, 6.45) is 5.98.